The predicted octanol–water partition coefficient (Wildman–Crippen LogP) is 2.03. The largest absolute Gasteiger partial charge is 0.349 e. The first kappa shape index (κ1) is 11.7. The molecule has 4 heteroatoms. The normalized spacial score (nSPS) is 9.33. The van der Waals surface area contributed by atoms with Crippen LogP contribution in [0.25, 0.3) is 4.85 Å². The standard InChI is InChI=1S/C11H11BrN2O/c1-13-8-11(15)14-7-6-9-4-2-3-5-10(9)12/h2-5H,6-8H2,(H,14,15). The number of halogens is 1. The number of hydrogen-bond acceptors (Lipinski definition) is 1. The average molecular weight is 267 g/mol. The van der Waals surface area contributed by atoms with Crippen LogP contribution in [0.2, 0.25) is 0 Å². The van der Waals surface area contributed by atoms with Crippen LogP contribution in [0.3, 0.4) is 0 Å². The zero-order valence-electron chi connectivity index (χ0n) is 8.16. The SMILES string of the molecule is [C-]#[N+]CC(=O)NCCc1ccccc1Br. The van der Waals surface area contributed by atoms with Gasteiger partial charge in [0.2, 0.25) is 0 Å². The maximum absolute atomic E-state index is 11.0. The van der Waals surface area contributed by atoms with Crippen LogP contribution in [0.15, 0.2) is 28.7 Å². The summed E-state index contributed by atoms with van der Waals surface area (Å²) in [7, 11) is 0. The summed E-state index contributed by atoms with van der Waals surface area (Å²) >= 11 is 3.43. The summed E-state index contributed by atoms with van der Waals surface area (Å²) in [6.45, 7) is 7.00. The van der Waals surface area contributed by atoms with E-state index < -0.39 is 0 Å². The number of hydrogen-bond donors (Lipinski definition) is 1. The molecule has 0 heterocycles. The topological polar surface area (TPSA) is 33.5 Å². The molecule has 0 radical (unpaired) electrons. The van der Waals surface area contributed by atoms with Gasteiger partial charge in [-0.25, -0.2) is 6.57 Å². The van der Waals surface area contributed by atoms with E-state index in [1.165, 1.54) is 0 Å². The Labute approximate surface area is 97.4 Å². The molecule has 0 spiro atoms. The third-order valence-electron chi connectivity index (χ3n) is 1.90. The van der Waals surface area contributed by atoms with Crippen molar-refractivity contribution in [3.05, 3.63) is 45.7 Å². The van der Waals surface area contributed by atoms with Gasteiger partial charge in [-0.3, -0.25) is 4.79 Å². The van der Waals surface area contributed by atoms with Crippen molar-refractivity contribution in [2.75, 3.05) is 13.1 Å². The molecular formula is C11H11BrN2O. The molecule has 0 unspecified atom stereocenters. The Balaban J connectivity index is 2.36. The second kappa shape index (κ2) is 6.20. The molecule has 78 valence electrons. The molecule has 1 N–H and O–H groups in total. The number of benzene rings is 1. The molecule has 0 aromatic heterocycles. The highest BCUT2D eigenvalue weighted by Gasteiger charge is 2.03. The van der Waals surface area contributed by atoms with E-state index in [9.17, 15) is 4.79 Å². The minimum absolute atomic E-state index is 0.0873. The van der Waals surface area contributed by atoms with Gasteiger partial charge in [-0.1, -0.05) is 34.1 Å². The molecule has 0 aliphatic carbocycles. The summed E-state index contributed by atoms with van der Waals surface area (Å²) in [6, 6.07) is 7.88. The molecule has 0 bridgehead atoms. The summed E-state index contributed by atoms with van der Waals surface area (Å²) in [4.78, 5) is 14.0. The quantitative estimate of drug-likeness (QED) is 0.832. The first-order chi connectivity index (χ1) is 7.24. The predicted molar refractivity (Wildman–Crippen MR) is 62.3 cm³/mol. The average Bonchev–Trinajstić information content (AvgIpc) is 2.21. The van der Waals surface area contributed by atoms with Crippen LogP contribution in [0.4, 0.5) is 0 Å². The molecule has 3 nitrogen and oxygen atoms in total. The van der Waals surface area contributed by atoms with Gasteiger partial charge < -0.3 is 10.2 Å². The van der Waals surface area contributed by atoms with Crippen LogP contribution >= 0.6 is 15.9 Å². The monoisotopic (exact) mass is 266 g/mol. The van der Waals surface area contributed by atoms with Crippen molar-refractivity contribution in [2.24, 2.45) is 0 Å². The maximum Gasteiger partial charge on any atom is 0.300 e. The van der Waals surface area contributed by atoms with E-state index in [0.717, 1.165) is 16.5 Å². The van der Waals surface area contributed by atoms with Gasteiger partial charge in [0, 0.05) is 11.0 Å². The van der Waals surface area contributed by atoms with Gasteiger partial charge in [0.15, 0.2) is 0 Å². The fourth-order valence-corrected chi connectivity index (χ4v) is 1.65. The first-order valence-electron chi connectivity index (χ1n) is 4.57. The van der Waals surface area contributed by atoms with E-state index >= 15 is 0 Å². The van der Waals surface area contributed by atoms with Crippen LogP contribution in [0.1, 0.15) is 5.56 Å². The highest BCUT2D eigenvalue weighted by Crippen LogP contribution is 2.15. The summed E-state index contributed by atoms with van der Waals surface area (Å²) in [5.74, 6) is -0.211. The molecule has 1 aromatic rings. The molecule has 0 fully saturated rings. The fourth-order valence-electron chi connectivity index (χ4n) is 1.17. The lowest BCUT2D eigenvalue weighted by Gasteiger charge is -2.04. The number of nitrogens with one attached hydrogen (secondary N) is 1. The first-order valence-corrected chi connectivity index (χ1v) is 5.36. The van der Waals surface area contributed by atoms with Gasteiger partial charge in [0.1, 0.15) is 0 Å². The van der Waals surface area contributed by atoms with Crippen molar-refractivity contribution in [1.82, 2.24) is 5.32 Å². The van der Waals surface area contributed by atoms with Crippen molar-refractivity contribution < 1.29 is 4.79 Å². The molecule has 0 saturated carbocycles. The highest BCUT2D eigenvalue weighted by molar-refractivity contribution is 9.10. The Kier molecular flexibility index (Phi) is 4.85. The van der Waals surface area contributed by atoms with Gasteiger partial charge in [0.05, 0.1) is 0 Å². The third-order valence-corrected chi connectivity index (χ3v) is 2.67. The number of amides is 1. The van der Waals surface area contributed by atoms with E-state index in [1.54, 1.807) is 0 Å². The zero-order valence-corrected chi connectivity index (χ0v) is 9.75. The second-order valence-corrected chi connectivity index (χ2v) is 3.86. The van der Waals surface area contributed by atoms with Crippen molar-refractivity contribution in [3.63, 3.8) is 0 Å². The molecule has 15 heavy (non-hydrogen) atoms. The maximum atomic E-state index is 11.0. The molecule has 0 aliphatic heterocycles. The summed E-state index contributed by atoms with van der Waals surface area (Å²) < 4.78 is 1.05. The Morgan fingerprint density at radius 2 is 2.20 bits per heavy atom. The summed E-state index contributed by atoms with van der Waals surface area (Å²) in [6.07, 6.45) is 0.769. The molecular weight excluding hydrogens is 256 g/mol. The Morgan fingerprint density at radius 3 is 2.87 bits per heavy atom. The second-order valence-electron chi connectivity index (χ2n) is 3.01. The Bertz CT molecular complexity index is 384. The van der Waals surface area contributed by atoms with E-state index in [4.69, 9.17) is 6.57 Å². The lowest BCUT2D eigenvalue weighted by Crippen LogP contribution is -2.27. The van der Waals surface area contributed by atoms with Crippen LogP contribution in [-0.2, 0) is 11.2 Å². The number of rotatable bonds is 4. The van der Waals surface area contributed by atoms with Gasteiger partial charge in [-0.15, -0.1) is 0 Å². The van der Waals surface area contributed by atoms with Crippen molar-refractivity contribution in [2.45, 2.75) is 6.42 Å². The number of carbonyl (C=O) groups excluding carboxylic acids is 1. The van der Waals surface area contributed by atoms with E-state index in [2.05, 4.69) is 26.1 Å². The van der Waals surface area contributed by atoms with Crippen LogP contribution in [-0.4, -0.2) is 19.0 Å². The van der Waals surface area contributed by atoms with E-state index in [1.807, 2.05) is 24.3 Å². The lowest BCUT2D eigenvalue weighted by atomic mass is 10.1. The van der Waals surface area contributed by atoms with Crippen LogP contribution in [0, 0.1) is 6.57 Å². The van der Waals surface area contributed by atoms with Crippen molar-refractivity contribution >= 4 is 21.8 Å². The Hall–Kier alpha value is -1.34. The minimum Gasteiger partial charge on any atom is -0.349 e. The summed E-state index contributed by atoms with van der Waals surface area (Å²) in [5.41, 5.74) is 1.15. The van der Waals surface area contributed by atoms with Gasteiger partial charge >= 0.3 is 0 Å². The van der Waals surface area contributed by atoms with Gasteiger partial charge in [0.25, 0.3) is 12.5 Å². The van der Waals surface area contributed by atoms with Gasteiger partial charge in [-0.05, 0) is 18.1 Å². The third kappa shape index (κ3) is 4.13. The molecule has 0 saturated heterocycles. The highest BCUT2D eigenvalue weighted by atomic mass is 79.9. The van der Waals surface area contributed by atoms with Crippen LogP contribution < -0.4 is 5.32 Å². The zero-order chi connectivity index (χ0) is 11.1. The van der Waals surface area contributed by atoms with Gasteiger partial charge in [-0.2, -0.15) is 0 Å². The number of carbonyl (C=O) groups is 1. The molecule has 0 atom stereocenters. The molecule has 1 rings (SSSR count). The molecule has 0 aliphatic rings. The fraction of sp³-hybridized carbons (Fsp3) is 0.273. The van der Waals surface area contributed by atoms with E-state index in [0.29, 0.717) is 6.54 Å². The summed E-state index contributed by atoms with van der Waals surface area (Å²) in [5, 5.41) is 2.69. The minimum atomic E-state index is -0.211. The Morgan fingerprint density at radius 1 is 1.47 bits per heavy atom. The molecule has 1 amide bonds. The van der Waals surface area contributed by atoms with Crippen molar-refractivity contribution in [3.8, 4) is 0 Å². The number of nitrogens with zero attached hydrogens (tertiary/aromatic N) is 1. The lowest BCUT2D eigenvalue weighted by molar-refractivity contribution is -0.119. The molecule has 1 aromatic carbocycles. The van der Waals surface area contributed by atoms with Crippen LogP contribution in [0.5, 0.6) is 0 Å². The van der Waals surface area contributed by atoms with E-state index in [-0.39, 0.29) is 12.5 Å². The smallest absolute Gasteiger partial charge is 0.300 e. The van der Waals surface area contributed by atoms with Crippen molar-refractivity contribution in [1.29, 1.82) is 0 Å².